The number of carbonyl (C=O) groups excluding carboxylic acids is 1. The Morgan fingerprint density at radius 2 is 1.86 bits per heavy atom. The van der Waals surface area contributed by atoms with Crippen LogP contribution in [-0.4, -0.2) is 21.6 Å². The lowest BCUT2D eigenvalue weighted by Crippen LogP contribution is -2.16. The SMILES string of the molecule is CCc1cccc(C)c1NC(=O)CSc1nccc(-c2ccc(C)c(C)c2)n1. The zero-order valence-corrected chi connectivity index (χ0v) is 17.6. The van der Waals surface area contributed by atoms with Crippen LogP contribution in [0.1, 0.15) is 29.2 Å². The fourth-order valence-corrected chi connectivity index (χ4v) is 3.61. The van der Waals surface area contributed by atoms with Crippen molar-refractivity contribution in [2.24, 2.45) is 0 Å². The number of nitrogens with zero attached hydrogens (tertiary/aromatic N) is 2. The highest BCUT2D eigenvalue weighted by Crippen LogP contribution is 2.24. The highest BCUT2D eigenvalue weighted by Gasteiger charge is 2.11. The molecule has 4 nitrogen and oxygen atoms in total. The smallest absolute Gasteiger partial charge is 0.234 e. The van der Waals surface area contributed by atoms with Crippen molar-refractivity contribution in [2.45, 2.75) is 39.3 Å². The van der Waals surface area contributed by atoms with Gasteiger partial charge >= 0.3 is 0 Å². The van der Waals surface area contributed by atoms with Crippen LogP contribution < -0.4 is 5.32 Å². The van der Waals surface area contributed by atoms with Crippen molar-refractivity contribution in [1.29, 1.82) is 0 Å². The topological polar surface area (TPSA) is 54.9 Å². The maximum absolute atomic E-state index is 12.5. The minimum atomic E-state index is -0.0471. The minimum Gasteiger partial charge on any atom is -0.325 e. The van der Waals surface area contributed by atoms with E-state index in [1.54, 1.807) is 6.20 Å². The molecule has 1 N–H and O–H groups in total. The van der Waals surface area contributed by atoms with Crippen molar-refractivity contribution < 1.29 is 4.79 Å². The van der Waals surface area contributed by atoms with Gasteiger partial charge in [-0.25, -0.2) is 9.97 Å². The van der Waals surface area contributed by atoms with E-state index in [2.05, 4.69) is 54.3 Å². The summed E-state index contributed by atoms with van der Waals surface area (Å²) in [6.45, 7) is 8.29. The van der Waals surface area contributed by atoms with Crippen LogP contribution in [-0.2, 0) is 11.2 Å². The summed E-state index contributed by atoms with van der Waals surface area (Å²) in [5.41, 5.74) is 7.55. The third kappa shape index (κ3) is 4.78. The first-order valence-corrected chi connectivity index (χ1v) is 10.4. The van der Waals surface area contributed by atoms with Crippen LogP contribution in [0.25, 0.3) is 11.3 Å². The summed E-state index contributed by atoms with van der Waals surface area (Å²) in [7, 11) is 0. The number of aryl methyl sites for hydroxylation is 4. The normalized spacial score (nSPS) is 10.7. The van der Waals surface area contributed by atoms with Crippen molar-refractivity contribution >= 4 is 23.4 Å². The molecular formula is C23H25N3OS. The molecule has 0 aliphatic heterocycles. The number of nitrogens with one attached hydrogen (secondary N) is 1. The average Bonchev–Trinajstić information content (AvgIpc) is 2.70. The van der Waals surface area contributed by atoms with Gasteiger partial charge in [0.2, 0.25) is 5.91 Å². The molecule has 0 unspecified atom stereocenters. The molecule has 5 heteroatoms. The van der Waals surface area contributed by atoms with Gasteiger partial charge in [-0.05, 0) is 61.6 Å². The van der Waals surface area contributed by atoms with Crippen LogP contribution in [0.5, 0.6) is 0 Å². The van der Waals surface area contributed by atoms with E-state index in [0.29, 0.717) is 5.16 Å². The first kappa shape index (κ1) is 20.1. The van der Waals surface area contributed by atoms with E-state index in [1.165, 1.54) is 22.9 Å². The molecule has 1 aromatic heterocycles. The summed E-state index contributed by atoms with van der Waals surface area (Å²) in [6.07, 6.45) is 2.62. The highest BCUT2D eigenvalue weighted by molar-refractivity contribution is 7.99. The number of carbonyl (C=O) groups is 1. The fraction of sp³-hybridized carbons (Fsp3) is 0.261. The van der Waals surface area contributed by atoms with Gasteiger partial charge in [-0.3, -0.25) is 4.79 Å². The molecule has 0 radical (unpaired) electrons. The van der Waals surface area contributed by atoms with Gasteiger partial charge in [0, 0.05) is 17.4 Å². The number of aromatic nitrogens is 2. The molecule has 28 heavy (non-hydrogen) atoms. The van der Waals surface area contributed by atoms with Crippen molar-refractivity contribution in [3.8, 4) is 11.3 Å². The summed E-state index contributed by atoms with van der Waals surface area (Å²) in [5.74, 6) is 0.225. The summed E-state index contributed by atoms with van der Waals surface area (Å²) >= 11 is 1.35. The van der Waals surface area contributed by atoms with Crippen LogP contribution in [0.4, 0.5) is 5.69 Å². The third-order valence-corrected chi connectivity index (χ3v) is 5.63. The molecule has 0 aliphatic rings. The van der Waals surface area contributed by atoms with Crippen LogP contribution in [0.3, 0.4) is 0 Å². The predicted molar refractivity (Wildman–Crippen MR) is 117 cm³/mol. The standard InChI is InChI=1S/C23H25N3OS/c1-5-18-8-6-7-16(3)22(18)26-21(27)14-28-23-24-12-11-20(25-23)19-10-9-15(2)17(4)13-19/h6-13H,5,14H2,1-4H3,(H,26,27). The monoisotopic (exact) mass is 391 g/mol. The molecule has 1 heterocycles. The molecule has 0 fully saturated rings. The number of hydrogen-bond donors (Lipinski definition) is 1. The van der Waals surface area contributed by atoms with Gasteiger partial charge in [-0.15, -0.1) is 0 Å². The van der Waals surface area contributed by atoms with Gasteiger partial charge < -0.3 is 5.32 Å². The zero-order valence-electron chi connectivity index (χ0n) is 16.7. The van der Waals surface area contributed by atoms with Crippen LogP contribution in [0, 0.1) is 20.8 Å². The van der Waals surface area contributed by atoms with E-state index in [9.17, 15) is 4.79 Å². The molecule has 0 saturated carbocycles. The van der Waals surface area contributed by atoms with E-state index >= 15 is 0 Å². The van der Waals surface area contributed by atoms with Crippen molar-refractivity contribution in [1.82, 2.24) is 9.97 Å². The Morgan fingerprint density at radius 3 is 2.61 bits per heavy atom. The number of thioether (sulfide) groups is 1. The Morgan fingerprint density at radius 1 is 1.04 bits per heavy atom. The van der Waals surface area contributed by atoms with E-state index in [4.69, 9.17) is 0 Å². The largest absolute Gasteiger partial charge is 0.325 e. The number of rotatable bonds is 6. The quantitative estimate of drug-likeness (QED) is 0.454. The van der Waals surface area contributed by atoms with Gasteiger partial charge in [0.25, 0.3) is 0 Å². The second-order valence-electron chi connectivity index (χ2n) is 6.82. The number of hydrogen-bond acceptors (Lipinski definition) is 4. The molecule has 0 atom stereocenters. The van der Waals surface area contributed by atoms with E-state index < -0.39 is 0 Å². The van der Waals surface area contributed by atoms with Gasteiger partial charge in [-0.2, -0.15) is 0 Å². The molecule has 3 aromatic rings. The van der Waals surface area contributed by atoms with Gasteiger partial charge in [0.1, 0.15) is 0 Å². The van der Waals surface area contributed by atoms with Gasteiger partial charge in [-0.1, -0.05) is 49.0 Å². The molecular weight excluding hydrogens is 366 g/mol. The second-order valence-corrected chi connectivity index (χ2v) is 7.77. The summed E-state index contributed by atoms with van der Waals surface area (Å²) in [4.78, 5) is 21.4. The highest BCUT2D eigenvalue weighted by atomic mass is 32.2. The Bertz CT molecular complexity index is 1000. The molecule has 3 rings (SSSR count). The molecule has 2 aromatic carbocycles. The summed E-state index contributed by atoms with van der Waals surface area (Å²) < 4.78 is 0. The molecule has 0 spiro atoms. The Kier molecular flexibility index (Phi) is 6.47. The zero-order chi connectivity index (χ0) is 20.1. The first-order valence-electron chi connectivity index (χ1n) is 9.39. The number of benzene rings is 2. The summed E-state index contributed by atoms with van der Waals surface area (Å²) in [5, 5.41) is 3.65. The maximum atomic E-state index is 12.5. The van der Waals surface area contributed by atoms with Crippen LogP contribution in [0.15, 0.2) is 53.8 Å². The number of amides is 1. The second kappa shape index (κ2) is 9.02. The van der Waals surface area contributed by atoms with Crippen molar-refractivity contribution in [2.75, 3.05) is 11.1 Å². The molecule has 0 saturated heterocycles. The van der Waals surface area contributed by atoms with Gasteiger partial charge in [0.15, 0.2) is 5.16 Å². The molecule has 1 amide bonds. The lowest BCUT2D eigenvalue weighted by atomic mass is 10.0. The predicted octanol–water partition coefficient (Wildman–Crippen LogP) is 5.36. The molecule has 0 aliphatic carbocycles. The van der Waals surface area contributed by atoms with Crippen LogP contribution in [0.2, 0.25) is 0 Å². The molecule has 0 bridgehead atoms. The number of para-hydroxylation sites is 1. The van der Waals surface area contributed by atoms with E-state index in [1.807, 2.05) is 31.2 Å². The van der Waals surface area contributed by atoms with Crippen molar-refractivity contribution in [3.05, 3.63) is 70.9 Å². The fourth-order valence-electron chi connectivity index (χ4n) is 2.98. The van der Waals surface area contributed by atoms with E-state index in [-0.39, 0.29) is 11.7 Å². The average molecular weight is 392 g/mol. The third-order valence-electron chi connectivity index (χ3n) is 4.77. The van der Waals surface area contributed by atoms with E-state index in [0.717, 1.165) is 34.5 Å². The molecule has 144 valence electrons. The maximum Gasteiger partial charge on any atom is 0.234 e. The Balaban J connectivity index is 1.68. The first-order chi connectivity index (χ1) is 13.5. The lowest BCUT2D eigenvalue weighted by Gasteiger charge is -2.12. The number of anilines is 1. The van der Waals surface area contributed by atoms with Crippen LogP contribution >= 0.6 is 11.8 Å². The lowest BCUT2D eigenvalue weighted by molar-refractivity contribution is -0.113. The van der Waals surface area contributed by atoms with Crippen molar-refractivity contribution in [3.63, 3.8) is 0 Å². The van der Waals surface area contributed by atoms with Gasteiger partial charge in [0.05, 0.1) is 11.4 Å². The Labute approximate surface area is 170 Å². The Hall–Kier alpha value is -2.66. The minimum absolute atomic E-state index is 0.0471. The summed E-state index contributed by atoms with van der Waals surface area (Å²) in [6, 6.07) is 14.3.